The third-order valence-corrected chi connectivity index (χ3v) is 10.3. The minimum atomic E-state index is -4.27. The Morgan fingerprint density at radius 3 is 1.98 bits per heavy atom. The van der Waals surface area contributed by atoms with E-state index in [9.17, 15) is 13.2 Å². The van der Waals surface area contributed by atoms with E-state index in [0.717, 1.165) is 17.0 Å². The highest BCUT2D eigenvalue weighted by Crippen LogP contribution is 2.39. The highest BCUT2D eigenvalue weighted by atomic mass is 32.2. The summed E-state index contributed by atoms with van der Waals surface area (Å²) in [5.74, 6) is 1.01. The molecule has 250 valence electrons. The first kappa shape index (κ1) is 32.5. The lowest BCUT2D eigenvalue weighted by Gasteiger charge is -2.26. The molecule has 0 N–H and O–H groups in total. The second-order valence-electron chi connectivity index (χ2n) is 11.9. The van der Waals surface area contributed by atoms with Gasteiger partial charge < -0.3 is 9.64 Å². The van der Waals surface area contributed by atoms with Crippen molar-refractivity contribution < 1.29 is 17.9 Å². The minimum absolute atomic E-state index is 0.0870. The molecule has 0 amide bonds. The first-order valence-corrected chi connectivity index (χ1v) is 17.4. The third-order valence-electron chi connectivity index (χ3n) is 8.59. The largest absolute Gasteiger partial charge is 0.465 e. The van der Waals surface area contributed by atoms with Crippen molar-refractivity contribution >= 4 is 32.7 Å². The van der Waals surface area contributed by atoms with Gasteiger partial charge in [0.05, 0.1) is 23.3 Å². The number of carbonyl (C=O) groups excluding carboxylic acids is 1. The molecule has 10 nitrogen and oxygen atoms in total. The fourth-order valence-electron chi connectivity index (χ4n) is 6.03. The summed E-state index contributed by atoms with van der Waals surface area (Å²) in [6.45, 7) is 2.70. The molecule has 0 unspecified atom stereocenters. The quantitative estimate of drug-likeness (QED) is 0.141. The summed E-state index contributed by atoms with van der Waals surface area (Å²) < 4.78 is 38.0. The van der Waals surface area contributed by atoms with E-state index in [4.69, 9.17) is 9.72 Å². The molecular formula is C39H34N6O4S. The van der Waals surface area contributed by atoms with Gasteiger partial charge in [-0.15, -0.1) is 0 Å². The Labute approximate surface area is 290 Å². The van der Waals surface area contributed by atoms with Gasteiger partial charge in [-0.1, -0.05) is 97.1 Å². The average Bonchev–Trinajstić information content (AvgIpc) is 3.72. The van der Waals surface area contributed by atoms with Crippen molar-refractivity contribution in [3.8, 4) is 22.6 Å². The monoisotopic (exact) mass is 682 g/mol. The van der Waals surface area contributed by atoms with Crippen LogP contribution in [0.15, 0.2) is 132 Å². The molecule has 0 saturated carbocycles. The van der Waals surface area contributed by atoms with Crippen LogP contribution in [0.4, 0.5) is 5.82 Å². The molecule has 0 saturated heterocycles. The van der Waals surface area contributed by atoms with Gasteiger partial charge in [0.1, 0.15) is 11.3 Å². The van der Waals surface area contributed by atoms with Crippen molar-refractivity contribution in [2.45, 2.75) is 24.9 Å². The molecule has 0 aliphatic heterocycles. The minimum Gasteiger partial charge on any atom is -0.465 e. The van der Waals surface area contributed by atoms with Crippen LogP contribution in [0, 0.1) is 6.92 Å². The predicted molar refractivity (Wildman–Crippen MR) is 193 cm³/mol. The lowest BCUT2D eigenvalue weighted by atomic mass is 10.1. The van der Waals surface area contributed by atoms with Gasteiger partial charge >= 0.3 is 5.97 Å². The summed E-state index contributed by atoms with van der Waals surface area (Å²) in [4.78, 5) is 24.8. The van der Waals surface area contributed by atoms with Gasteiger partial charge in [0.25, 0.3) is 10.0 Å². The molecule has 3 aromatic heterocycles. The van der Waals surface area contributed by atoms with Crippen molar-refractivity contribution in [1.29, 1.82) is 0 Å². The number of methoxy groups -OCH3 is 1. The topological polar surface area (TPSA) is 112 Å². The van der Waals surface area contributed by atoms with Gasteiger partial charge in [0, 0.05) is 37.3 Å². The first-order chi connectivity index (χ1) is 24.2. The van der Waals surface area contributed by atoms with Gasteiger partial charge in [0.2, 0.25) is 0 Å². The van der Waals surface area contributed by atoms with Crippen LogP contribution in [0.1, 0.15) is 27.3 Å². The Morgan fingerprint density at radius 1 is 0.800 bits per heavy atom. The zero-order chi connectivity index (χ0) is 34.8. The van der Waals surface area contributed by atoms with E-state index in [1.54, 1.807) is 41.1 Å². The molecule has 0 radical (unpaired) electrons. The predicted octanol–water partition coefficient (Wildman–Crippen LogP) is 7.04. The van der Waals surface area contributed by atoms with Crippen LogP contribution >= 0.6 is 0 Å². The summed E-state index contributed by atoms with van der Waals surface area (Å²) in [6.07, 6.45) is 1.47. The summed E-state index contributed by atoms with van der Waals surface area (Å²) in [7, 11) is -1.16. The van der Waals surface area contributed by atoms with Gasteiger partial charge in [-0.25, -0.2) is 27.2 Å². The summed E-state index contributed by atoms with van der Waals surface area (Å²) in [5.41, 5.74) is 4.06. The van der Waals surface area contributed by atoms with Gasteiger partial charge in [-0.05, 0) is 47.9 Å². The Hall–Kier alpha value is -6.07. The average molecular weight is 683 g/mol. The van der Waals surface area contributed by atoms with Crippen LogP contribution < -0.4 is 4.90 Å². The van der Waals surface area contributed by atoms with Crippen LogP contribution in [0.2, 0.25) is 0 Å². The number of ether oxygens (including phenoxy) is 1. The number of benzene rings is 4. The highest BCUT2D eigenvalue weighted by Gasteiger charge is 2.31. The van der Waals surface area contributed by atoms with Gasteiger partial charge in [0.15, 0.2) is 11.6 Å². The summed E-state index contributed by atoms with van der Waals surface area (Å²) in [6, 6.07) is 37.2. The van der Waals surface area contributed by atoms with Crippen LogP contribution in [0.3, 0.4) is 0 Å². The lowest BCUT2D eigenvalue weighted by molar-refractivity contribution is 0.0602. The maximum absolute atomic E-state index is 14.9. The van der Waals surface area contributed by atoms with Crippen molar-refractivity contribution in [1.82, 2.24) is 23.7 Å². The van der Waals surface area contributed by atoms with Crippen LogP contribution in [0.25, 0.3) is 33.5 Å². The third kappa shape index (κ3) is 6.14. The maximum Gasteiger partial charge on any atom is 0.340 e. The molecule has 7 rings (SSSR count). The molecule has 7 aromatic rings. The number of anilines is 1. The number of aromatic nitrogens is 5. The zero-order valence-corrected chi connectivity index (χ0v) is 28.6. The number of hydrogen-bond acceptors (Lipinski definition) is 8. The molecule has 50 heavy (non-hydrogen) atoms. The Balaban J connectivity index is 1.55. The SMILES string of the molecule is COC(=O)c1cnc(N(Cc2ccccc2)Cc2ccccc2)c2c1cc(-c1cccc(-c3nc(C)n(C)n3)c1)n2S(=O)(=O)c1ccccc1. The lowest BCUT2D eigenvalue weighted by Crippen LogP contribution is -2.25. The molecule has 0 atom stereocenters. The fourth-order valence-corrected chi connectivity index (χ4v) is 7.58. The van der Waals surface area contributed by atoms with E-state index in [2.05, 4.69) is 10.1 Å². The molecule has 0 spiro atoms. The van der Waals surface area contributed by atoms with Crippen molar-refractivity contribution in [2.24, 2.45) is 7.05 Å². The molecule has 4 aromatic carbocycles. The molecule has 0 aliphatic rings. The molecule has 11 heteroatoms. The highest BCUT2D eigenvalue weighted by molar-refractivity contribution is 7.90. The number of nitrogens with zero attached hydrogens (tertiary/aromatic N) is 6. The van der Waals surface area contributed by atoms with E-state index in [1.807, 2.05) is 104 Å². The Bertz CT molecular complexity index is 2360. The van der Waals surface area contributed by atoms with E-state index in [-0.39, 0.29) is 16.0 Å². The van der Waals surface area contributed by atoms with E-state index < -0.39 is 16.0 Å². The normalized spacial score (nSPS) is 11.5. The number of esters is 1. The zero-order valence-electron chi connectivity index (χ0n) is 27.8. The smallest absolute Gasteiger partial charge is 0.340 e. The van der Waals surface area contributed by atoms with Gasteiger partial charge in [-0.3, -0.25) is 4.68 Å². The number of carbonyl (C=O) groups is 1. The van der Waals surface area contributed by atoms with Crippen LogP contribution in [0.5, 0.6) is 0 Å². The molecular weight excluding hydrogens is 649 g/mol. The molecule has 0 bridgehead atoms. The Morgan fingerprint density at radius 2 is 1.40 bits per heavy atom. The first-order valence-electron chi connectivity index (χ1n) is 16.0. The van der Waals surface area contributed by atoms with Crippen molar-refractivity contribution in [2.75, 3.05) is 12.0 Å². The van der Waals surface area contributed by atoms with E-state index >= 15 is 0 Å². The fraction of sp³-hybridized carbons (Fsp3) is 0.128. The Kier molecular flexibility index (Phi) is 8.73. The number of hydrogen-bond donors (Lipinski definition) is 0. The summed E-state index contributed by atoms with van der Waals surface area (Å²) >= 11 is 0. The standard InChI is InChI=1S/C39H34N6O4S/c1-27-41-37(42-43(27)2)31-19-13-18-30(22-31)35-23-33-34(39(46)49-3)24-40-38(36(33)45(35)50(47,48)32-20-11-6-12-21-32)44(25-28-14-7-4-8-15-28)26-29-16-9-5-10-17-29/h4-24H,25-26H2,1-3H3. The van der Waals surface area contributed by atoms with Gasteiger partial charge in [-0.2, -0.15) is 5.10 Å². The maximum atomic E-state index is 14.9. The molecule has 3 heterocycles. The number of pyridine rings is 1. The molecule has 0 fully saturated rings. The number of rotatable bonds is 10. The number of fused-ring (bicyclic) bond motifs is 1. The van der Waals surface area contributed by atoms with E-state index in [1.165, 1.54) is 17.3 Å². The van der Waals surface area contributed by atoms with Crippen LogP contribution in [-0.2, 0) is 34.9 Å². The second kappa shape index (κ2) is 13.4. The summed E-state index contributed by atoms with van der Waals surface area (Å²) in [5, 5.41) is 4.93. The van der Waals surface area contributed by atoms with Crippen LogP contribution in [-0.4, -0.2) is 45.2 Å². The molecule has 0 aliphatic carbocycles. The van der Waals surface area contributed by atoms with Crippen molar-refractivity contribution in [3.63, 3.8) is 0 Å². The van der Waals surface area contributed by atoms with E-state index in [0.29, 0.717) is 46.9 Å². The van der Waals surface area contributed by atoms with Crippen molar-refractivity contribution in [3.05, 3.63) is 150 Å². The second-order valence-corrected chi connectivity index (χ2v) is 13.7. The number of aryl methyl sites for hydroxylation is 2.